The molecule has 3 aliphatic rings. The number of carbonyl (C=O) groups is 2. The SMILES string of the molecule is CC(C)CC#Cc1ccc([C@@H]2[C@H]3CN(C(=O)NC4CCCC4)CC(=O)N3[C@H]2CO)cc1. The Hall–Kier alpha value is -2.52. The summed E-state index contributed by atoms with van der Waals surface area (Å²) in [5.41, 5.74) is 2.05. The van der Waals surface area contributed by atoms with Crippen molar-refractivity contribution in [1.82, 2.24) is 15.1 Å². The third kappa shape index (κ3) is 4.57. The number of aliphatic hydroxyl groups excluding tert-OH is 1. The fourth-order valence-electron chi connectivity index (χ4n) is 5.14. The lowest BCUT2D eigenvalue weighted by molar-refractivity contribution is -0.159. The van der Waals surface area contributed by atoms with Crippen LogP contribution in [0.25, 0.3) is 0 Å². The molecule has 166 valence electrons. The van der Waals surface area contributed by atoms with Crippen molar-refractivity contribution in [2.24, 2.45) is 5.92 Å². The Balaban J connectivity index is 1.45. The van der Waals surface area contributed by atoms with Gasteiger partial charge in [0, 0.05) is 30.5 Å². The van der Waals surface area contributed by atoms with E-state index in [1.54, 1.807) is 9.80 Å². The molecule has 2 N–H and O–H groups in total. The van der Waals surface area contributed by atoms with Crippen LogP contribution in [-0.2, 0) is 4.79 Å². The maximum atomic E-state index is 12.8. The van der Waals surface area contributed by atoms with Gasteiger partial charge in [0.25, 0.3) is 0 Å². The van der Waals surface area contributed by atoms with E-state index in [2.05, 4.69) is 31.0 Å². The van der Waals surface area contributed by atoms with Gasteiger partial charge < -0.3 is 20.2 Å². The zero-order valence-electron chi connectivity index (χ0n) is 18.5. The Kier molecular flexibility index (Phi) is 6.52. The molecule has 31 heavy (non-hydrogen) atoms. The average molecular weight is 424 g/mol. The first-order chi connectivity index (χ1) is 15.0. The van der Waals surface area contributed by atoms with Gasteiger partial charge in [0.2, 0.25) is 5.91 Å². The largest absolute Gasteiger partial charge is 0.394 e. The van der Waals surface area contributed by atoms with E-state index >= 15 is 0 Å². The highest BCUT2D eigenvalue weighted by Crippen LogP contribution is 2.42. The van der Waals surface area contributed by atoms with Gasteiger partial charge in [0.05, 0.1) is 18.7 Å². The Bertz CT molecular complexity index is 864. The van der Waals surface area contributed by atoms with Crippen molar-refractivity contribution in [3.05, 3.63) is 35.4 Å². The summed E-state index contributed by atoms with van der Waals surface area (Å²) in [6, 6.07) is 7.89. The fraction of sp³-hybridized carbons (Fsp3) is 0.600. The summed E-state index contributed by atoms with van der Waals surface area (Å²) in [6.45, 7) is 4.82. The number of nitrogens with one attached hydrogen (secondary N) is 1. The first-order valence-electron chi connectivity index (χ1n) is 11.5. The second-order valence-electron chi connectivity index (χ2n) is 9.48. The van der Waals surface area contributed by atoms with Crippen molar-refractivity contribution >= 4 is 11.9 Å². The number of hydrogen-bond donors (Lipinski definition) is 2. The lowest BCUT2D eigenvalue weighted by Crippen LogP contribution is -2.74. The molecular weight excluding hydrogens is 390 g/mol. The van der Waals surface area contributed by atoms with Crippen molar-refractivity contribution in [1.29, 1.82) is 0 Å². The molecule has 0 aromatic heterocycles. The number of benzene rings is 1. The van der Waals surface area contributed by atoms with Crippen LogP contribution in [0.2, 0.25) is 0 Å². The van der Waals surface area contributed by atoms with Gasteiger partial charge in [-0.2, -0.15) is 0 Å². The van der Waals surface area contributed by atoms with Gasteiger partial charge in [-0.05, 0) is 36.5 Å². The van der Waals surface area contributed by atoms with E-state index < -0.39 is 0 Å². The highest BCUT2D eigenvalue weighted by atomic mass is 16.3. The van der Waals surface area contributed by atoms with Crippen molar-refractivity contribution in [3.8, 4) is 11.8 Å². The highest BCUT2D eigenvalue weighted by Gasteiger charge is 2.54. The molecule has 1 aromatic rings. The maximum absolute atomic E-state index is 12.8. The number of urea groups is 1. The lowest BCUT2D eigenvalue weighted by atomic mass is 9.73. The topological polar surface area (TPSA) is 72.9 Å². The van der Waals surface area contributed by atoms with Gasteiger partial charge >= 0.3 is 6.03 Å². The predicted octanol–water partition coefficient (Wildman–Crippen LogP) is 2.71. The molecule has 2 aliphatic heterocycles. The molecule has 6 heteroatoms. The summed E-state index contributed by atoms with van der Waals surface area (Å²) >= 11 is 0. The number of hydrogen-bond acceptors (Lipinski definition) is 3. The number of aliphatic hydroxyl groups is 1. The Morgan fingerprint density at radius 3 is 2.58 bits per heavy atom. The van der Waals surface area contributed by atoms with E-state index in [1.807, 2.05) is 24.3 Å². The van der Waals surface area contributed by atoms with E-state index in [1.165, 1.54) is 0 Å². The molecule has 0 radical (unpaired) electrons. The first kappa shape index (κ1) is 21.7. The number of amides is 3. The van der Waals surface area contributed by atoms with Crippen molar-refractivity contribution in [2.75, 3.05) is 19.7 Å². The van der Waals surface area contributed by atoms with Crippen LogP contribution < -0.4 is 5.32 Å². The molecule has 0 bridgehead atoms. The van der Waals surface area contributed by atoms with E-state index in [0.29, 0.717) is 12.5 Å². The van der Waals surface area contributed by atoms with Crippen LogP contribution in [0.5, 0.6) is 0 Å². The quantitative estimate of drug-likeness (QED) is 0.732. The van der Waals surface area contributed by atoms with Crippen LogP contribution in [0, 0.1) is 17.8 Å². The van der Waals surface area contributed by atoms with Crippen LogP contribution in [0.3, 0.4) is 0 Å². The maximum Gasteiger partial charge on any atom is 0.318 e. The summed E-state index contributed by atoms with van der Waals surface area (Å²) < 4.78 is 0. The van der Waals surface area contributed by atoms with Crippen molar-refractivity contribution in [3.63, 3.8) is 0 Å². The van der Waals surface area contributed by atoms with Crippen LogP contribution in [0.1, 0.15) is 63.0 Å². The molecule has 3 atom stereocenters. The second kappa shape index (κ2) is 9.32. The summed E-state index contributed by atoms with van der Waals surface area (Å²) in [5.74, 6) is 6.89. The molecule has 2 heterocycles. The Labute approximate surface area is 185 Å². The minimum absolute atomic E-state index is 0.0219. The first-order valence-corrected chi connectivity index (χ1v) is 11.5. The minimum Gasteiger partial charge on any atom is -0.394 e. The van der Waals surface area contributed by atoms with Gasteiger partial charge in [0.1, 0.15) is 6.54 Å². The molecule has 0 unspecified atom stereocenters. The van der Waals surface area contributed by atoms with Gasteiger partial charge in [-0.1, -0.05) is 50.7 Å². The van der Waals surface area contributed by atoms with Crippen LogP contribution >= 0.6 is 0 Å². The molecule has 1 aromatic carbocycles. The van der Waals surface area contributed by atoms with E-state index in [9.17, 15) is 14.7 Å². The number of carbonyl (C=O) groups excluding carboxylic acids is 2. The number of nitrogens with zero attached hydrogens (tertiary/aromatic N) is 2. The second-order valence-corrected chi connectivity index (χ2v) is 9.48. The molecule has 6 nitrogen and oxygen atoms in total. The lowest BCUT2D eigenvalue weighted by Gasteiger charge is -2.58. The molecule has 2 saturated heterocycles. The smallest absolute Gasteiger partial charge is 0.318 e. The number of fused-ring (bicyclic) bond motifs is 1. The summed E-state index contributed by atoms with van der Waals surface area (Å²) in [7, 11) is 0. The summed E-state index contributed by atoms with van der Waals surface area (Å²) in [5, 5.41) is 13.0. The van der Waals surface area contributed by atoms with Gasteiger partial charge in [-0.15, -0.1) is 0 Å². The Morgan fingerprint density at radius 1 is 1.23 bits per heavy atom. The zero-order valence-corrected chi connectivity index (χ0v) is 18.5. The molecule has 4 rings (SSSR count). The highest BCUT2D eigenvalue weighted by molar-refractivity contribution is 5.87. The van der Waals surface area contributed by atoms with E-state index in [4.69, 9.17) is 0 Å². The van der Waals surface area contributed by atoms with Crippen LogP contribution in [-0.4, -0.2) is 64.7 Å². The fourth-order valence-corrected chi connectivity index (χ4v) is 5.14. The monoisotopic (exact) mass is 423 g/mol. The molecule has 1 saturated carbocycles. The van der Waals surface area contributed by atoms with Crippen molar-refractivity contribution < 1.29 is 14.7 Å². The average Bonchev–Trinajstić information content (AvgIpc) is 3.23. The minimum atomic E-state index is -0.226. The summed E-state index contributed by atoms with van der Waals surface area (Å²) in [6.07, 6.45) is 5.21. The Morgan fingerprint density at radius 2 is 1.94 bits per heavy atom. The number of piperazine rings is 1. The van der Waals surface area contributed by atoms with E-state index in [0.717, 1.165) is 43.2 Å². The molecular formula is C25H33N3O3. The third-order valence-corrected chi connectivity index (χ3v) is 6.76. The van der Waals surface area contributed by atoms with Crippen LogP contribution in [0.15, 0.2) is 24.3 Å². The van der Waals surface area contributed by atoms with Crippen LogP contribution in [0.4, 0.5) is 4.79 Å². The van der Waals surface area contributed by atoms with Gasteiger partial charge in [-0.3, -0.25) is 4.79 Å². The zero-order chi connectivity index (χ0) is 22.0. The molecule has 3 fully saturated rings. The van der Waals surface area contributed by atoms with Gasteiger partial charge in [-0.25, -0.2) is 4.79 Å². The van der Waals surface area contributed by atoms with E-state index in [-0.39, 0.29) is 49.1 Å². The normalized spacial score (nSPS) is 25.7. The third-order valence-electron chi connectivity index (χ3n) is 6.76. The molecule has 3 amide bonds. The van der Waals surface area contributed by atoms with Crippen molar-refractivity contribution in [2.45, 2.75) is 70.0 Å². The molecule has 0 spiro atoms. The predicted molar refractivity (Wildman–Crippen MR) is 119 cm³/mol. The standard InChI is InChI=1S/C25H33N3O3/c1-17(2)6-5-7-18-10-12-19(13-11-18)24-21-14-27(15-23(30)28(21)22(24)16-29)25(31)26-20-8-3-4-9-20/h10-13,17,20-22,24,29H,3-4,6,8-9,14-16H2,1-2H3,(H,26,31)/t21-,22+,24-/m1/s1. The number of rotatable bonds is 4. The summed E-state index contributed by atoms with van der Waals surface area (Å²) in [4.78, 5) is 28.9. The molecule has 1 aliphatic carbocycles. The van der Waals surface area contributed by atoms with Gasteiger partial charge in [0.15, 0.2) is 0 Å².